The molecule has 3 aliphatic rings. The number of anilines is 1. The van der Waals surface area contributed by atoms with Crippen LogP contribution < -0.4 is 11.1 Å². The lowest BCUT2D eigenvalue weighted by Crippen LogP contribution is -2.50. The number of hydrogen-bond acceptors (Lipinski definition) is 10. The molecule has 0 aliphatic carbocycles. The molecule has 2 bridgehead atoms. The number of halogens is 2. The van der Waals surface area contributed by atoms with E-state index in [-0.39, 0.29) is 35.1 Å². The molecule has 186 valence electrons. The monoisotopic (exact) mass is 511 g/mol. The molecule has 0 amide bonds. The minimum absolute atomic E-state index is 0.0110. The smallest absolute Gasteiger partial charge is 0.293 e. The number of aliphatic imine (C=N–C) groups is 2. The van der Waals surface area contributed by atoms with E-state index in [0.717, 1.165) is 43.1 Å². The molecular weight excluding hydrogens is 488 g/mol. The summed E-state index contributed by atoms with van der Waals surface area (Å²) < 4.78 is 40.0. The van der Waals surface area contributed by atoms with Gasteiger partial charge in [0.15, 0.2) is 11.4 Å². The van der Waals surface area contributed by atoms with Crippen molar-refractivity contribution in [2.24, 2.45) is 9.98 Å². The average Bonchev–Trinajstić information content (AvgIpc) is 3.53. The summed E-state index contributed by atoms with van der Waals surface area (Å²) in [4.78, 5) is 20.5. The van der Waals surface area contributed by atoms with Crippen LogP contribution in [0.3, 0.4) is 0 Å². The second-order valence-electron chi connectivity index (χ2n) is 8.86. The molecule has 2 unspecified atom stereocenters. The quantitative estimate of drug-likeness (QED) is 0.499. The Morgan fingerprint density at radius 1 is 1.33 bits per heavy atom. The van der Waals surface area contributed by atoms with E-state index in [1.807, 2.05) is 6.07 Å². The van der Waals surface area contributed by atoms with E-state index in [2.05, 4.69) is 36.9 Å². The van der Waals surface area contributed by atoms with E-state index in [4.69, 9.17) is 14.9 Å². The van der Waals surface area contributed by atoms with Crippen LogP contribution in [0.5, 0.6) is 0 Å². The van der Waals surface area contributed by atoms with Gasteiger partial charge < -0.3 is 25.1 Å². The van der Waals surface area contributed by atoms with Gasteiger partial charge in [-0.15, -0.1) is 0 Å². The highest BCUT2D eigenvalue weighted by Gasteiger charge is 2.37. The topological polar surface area (TPSA) is 114 Å². The third kappa shape index (κ3) is 3.67. The molecule has 3 aliphatic heterocycles. The number of nitrogens with one attached hydrogen (secondary N) is 1. The van der Waals surface area contributed by atoms with Gasteiger partial charge in [0.25, 0.3) is 6.01 Å². The lowest BCUT2D eigenvalue weighted by atomic mass is 10.0. The minimum atomic E-state index is -0.884. The Kier molecular flexibility index (Phi) is 5.73. The molecular formula is C24H23F2N7O2S. The molecule has 0 spiro atoms. The van der Waals surface area contributed by atoms with Crippen LogP contribution in [0.25, 0.3) is 27.9 Å². The summed E-state index contributed by atoms with van der Waals surface area (Å²) in [6.45, 7) is 5.60. The first kappa shape index (κ1) is 23.1. The molecule has 0 radical (unpaired) electrons. The van der Waals surface area contributed by atoms with Crippen LogP contribution in [-0.4, -0.2) is 65.6 Å². The minimum Gasteiger partial charge on any atom is -0.421 e. The fourth-order valence-electron chi connectivity index (χ4n) is 5.20. The lowest BCUT2D eigenvalue weighted by molar-refractivity contribution is 0.209. The summed E-state index contributed by atoms with van der Waals surface area (Å²) in [6.07, 6.45) is 3.81. The normalized spacial score (nSPS) is 23.5. The van der Waals surface area contributed by atoms with Crippen LogP contribution in [0.15, 0.2) is 43.4 Å². The van der Waals surface area contributed by atoms with Gasteiger partial charge in [-0.05, 0) is 25.6 Å². The first-order valence-corrected chi connectivity index (χ1v) is 12.3. The zero-order valence-corrected chi connectivity index (χ0v) is 20.2. The molecule has 12 heteroatoms. The summed E-state index contributed by atoms with van der Waals surface area (Å²) in [5.41, 5.74) is 7.29. The average molecular weight is 512 g/mol. The largest absolute Gasteiger partial charge is 0.421 e. The van der Waals surface area contributed by atoms with E-state index in [1.165, 1.54) is 11.8 Å². The van der Waals surface area contributed by atoms with Crippen LogP contribution in [0.1, 0.15) is 18.4 Å². The SMILES string of the molecule is C=N/C(=C1\C(=N/COC)Sc2c1ccnc2-c1c(F)cc(F)c2oc(N)nc12)N1CC2CCC(C1)N2. The van der Waals surface area contributed by atoms with Gasteiger partial charge in [-0.1, -0.05) is 11.8 Å². The number of methoxy groups -OCH3 is 1. The molecule has 2 fully saturated rings. The second-order valence-corrected chi connectivity index (χ2v) is 9.86. The summed E-state index contributed by atoms with van der Waals surface area (Å²) >= 11 is 1.33. The maximum atomic E-state index is 15.2. The van der Waals surface area contributed by atoms with Crippen molar-refractivity contribution in [1.29, 1.82) is 0 Å². The zero-order valence-electron chi connectivity index (χ0n) is 19.4. The van der Waals surface area contributed by atoms with E-state index in [0.29, 0.717) is 27.8 Å². The van der Waals surface area contributed by atoms with Gasteiger partial charge in [0.2, 0.25) is 0 Å². The van der Waals surface area contributed by atoms with E-state index in [9.17, 15) is 4.39 Å². The van der Waals surface area contributed by atoms with Crippen molar-refractivity contribution >= 4 is 46.2 Å². The molecule has 1 aromatic carbocycles. The van der Waals surface area contributed by atoms with Crippen LogP contribution in [0.4, 0.5) is 14.8 Å². The van der Waals surface area contributed by atoms with Crippen LogP contribution in [0.2, 0.25) is 0 Å². The number of rotatable bonds is 5. The number of ether oxygens (including phenoxy) is 1. The zero-order chi connectivity index (χ0) is 25.0. The number of aromatic nitrogens is 2. The van der Waals surface area contributed by atoms with Crippen molar-refractivity contribution in [3.8, 4) is 11.3 Å². The summed E-state index contributed by atoms with van der Waals surface area (Å²) in [5, 5.41) is 4.28. The van der Waals surface area contributed by atoms with Crippen molar-refractivity contribution in [2.45, 2.75) is 29.8 Å². The Morgan fingerprint density at radius 2 is 2.11 bits per heavy atom. The lowest BCUT2D eigenvalue weighted by Gasteiger charge is -2.35. The molecule has 9 nitrogen and oxygen atoms in total. The number of nitrogen functional groups attached to an aromatic ring is 1. The predicted molar refractivity (Wildman–Crippen MR) is 135 cm³/mol. The number of benzene rings is 1. The molecule has 2 aromatic heterocycles. The van der Waals surface area contributed by atoms with Crippen LogP contribution >= 0.6 is 11.8 Å². The van der Waals surface area contributed by atoms with Gasteiger partial charge in [0.05, 0.1) is 16.8 Å². The first-order chi connectivity index (χ1) is 17.5. The van der Waals surface area contributed by atoms with Gasteiger partial charge in [-0.3, -0.25) is 4.98 Å². The summed E-state index contributed by atoms with van der Waals surface area (Å²) in [7, 11) is 1.56. The predicted octanol–water partition coefficient (Wildman–Crippen LogP) is 3.66. The molecule has 5 heterocycles. The number of hydrogen-bond donors (Lipinski definition) is 2. The number of nitrogens with zero attached hydrogens (tertiary/aromatic N) is 5. The Bertz CT molecular complexity index is 1440. The molecule has 0 saturated carbocycles. The molecule has 2 saturated heterocycles. The summed E-state index contributed by atoms with van der Waals surface area (Å²) in [5.74, 6) is -0.990. The van der Waals surface area contributed by atoms with Crippen LogP contribution in [-0.2, 0) is 4.74 Å². The van der Waals surface area contributed by atoms with Gasteiger partial charge in [-0.25, -0.2) is 18.8 Å². The highest BCUT2D eigenvalue weighted by atomic mass is 32.2. The van der Waals surface area contributed by atoms with Crippen molar-refractivity contribution < 1.29 is 17.9 Å². The van der Waals surface area contributed by atoms with Crippen molar-refractivity contribution in [1.82, 2.24) is 20.2 Å². The molecule has 36 heavy (non-hydrogen) atoms. The Labute approximate surface area is 209 Å². The first-order valence-electron chi connectivity index (χ1n) is 11.5. The maximum absolute atomic E-state index is 15.2. The van der Waals surface area contributed by atoms with E-state index in [1.54, 1.807) is 13.3 Å². The van der Waals surface area contributed by atoms with Gasteiger partial charge in [0.1, 0.15) is 28.9 Å². The number of likely N-dealkylation sites (tertiary alicyclic amines) is 1. The maximum Gasteiger partial charge on any atom is 0.293 e. The highest BCUT2D eigenvalue weighted by molar-refractivity contribution is 8.15. The third-order valence-corrected chi connectivity index (χ3v) is 7.78. The molecule has 3 aromatic rings. The molecule has 2 atom stereocenters. The third-order valence-electron chi connectivity index (χ3n) is 6.64. The molecule has 6 rings (SSSR count). The van der Waals surface area contributed by atoms with Gasteiger partial charge in [-0.2, -0.15) is 4.98 Å². The number of thioether (sulfide) groups is 1. The van der Waals surface area contributed by atoms with Gasteiger partial charge >= 0.3 is 0 Å². The summed E-state index contributed by atoms with van der Waals surface area (Å²) in [6, 6.07) is 3.12. The fraction of sp³-hybridized carbons (Fsp3) is 0.333. The number of piperazine rings is 1. The van der Waals surface area contributed by atoms with Crippen molar-refractivity contribution in [3.63, 3.8) is 0 Å². The second kappa shape index (κ2) is 8.95. The standard InChI is InChI=1S/C24H23F2N7O2S/c1-28-22(33-8-11-3-4-12(9-33)31-11)16-13-5-6-29-19(21(13)36-23(16)30-10-34-2)17-14(25)7-15(26)20-18(17)32-24(27)35-20/h5-7,11-12,31H,1,3-4,8-10H2,2H3,(H2,27,32)/b22-16+,30-23+. The van der Waals surface area contributed by atoms with Crippen molar-refractivity contribution in [2.75, 3.05) is 32.7 Å². The van der Waals surface area contributed by atoms with E-state index < -0.39 is 11.6 Å². The van der Waals surface area contributed by atoms with Gasteiger partial charge in [0, 0.05) is 55.0 Å². The Hall–Kier alpha value is -3.35. The van der Waals surface area contributed by atoms with E-state index >= 15 is 4.39 Å². The highest BCUT2D eigenvalue weighted by Crippen LogP contribution is 2.49. The Balaban J connectivity index is 1.56. The Morgan fingerprint density at radius 3 is 2.83 bits per heavy atom. The number of nitrogens with two attached hydrogens (primary N) is 1. The number of oxazole rings is 1. The number of fused-ring (bicyclic) bond motifs is 4. The number of pyridine rings is 1. The van der Waals surface area contributed by atoms with Crippen LogP contribution in [0, 0.1) is 11.6 Å². The van der Waals surface area contributed by atoms with Crippen molar-refractivity contribution in [3.05, 3.63) is 41.3 Å². The fourth-order valence-corrected chi connectivity index (χ4v) is 6.35. The molecule has 3 N–H and O–H groups in total.